The van der Waals surface area contributed by atoms with Gasteiger partial charge in [0.25, 0.3) is 0 Å². The lowest BCUT2D eigenvalue weighted by molar-refractivity contribution is -0.148. The number of rotatable bonds is 23. The van der Waals surface area contributed by atoms with Crippen molar-refractivity contribution in [3.8, 4) is 0 Å². The number of hydrogen-bond donors (Lipinski definition) is 2. The number of aliphatic carboxylic acids is 1. The Kier molecular flexibility index (Phi) is 19.3. The van der Waals surface area contributed by atoms with Crippen LogP contribution in [0.25, 0.3) is 0 Å². The number of methoxy groups -OCH3 is 2. The van der Waals surface area contributed by atoms with Crippen molar-refractivity contribution in [3.05, 3.63) is 35.9 Å². The molecule has 0 aromatic heterocycles. The Morgan fingerprint density at radius 1 is 0.926 bits per heavy atom. The fraction of sp³-hybridized carbons (Fsp3) is 0.738. The van der Waals surface area contributed by atoms with Crippen molar-refractivity contribution in [1.82, 2.24) is 20.0 Å². The van der Waals surface area contributed by atoms with E-state index >= 15 is 0 Å². The molecule has 2 N–H and O–H groups in total. The molecule has 306 valence electrons. The maximum Gasteiger partial charge on any atom is 0.307 e. The number of likely N-dealkylation sites (tertiary alicyclic amines) is 1. The molecule has 1 aromatic rings. The van der Waals surface area contributed by atoms with Gasteiger partial charge in [-0.05, 0) is 56.2 Å². The van der Waals surface area contributed by atoms with Gasteiger partial charge in [-0.3, -0.25) is 28.9 Å². The average Bonchev–Trinajstić information content (AvgIpc) is 3.62. The zero-order chi connectivity index (χ0) is 40.9. The van der Waals surface area contributed by atoms with Gasteiger partial charge in [0.05, 0.1) is 42.7 Å². The minimum absolute atomic E-state index is 0.00593. The fourth-order valence-electron chi connectivity index (χ4n) is 8.09. The van der Waals surface area contributed by atoms with Gasteiger partial charge < -0.3 is 29.7 Å². The highest BCUT2D eigenvalue weighted by molar-refractivity contribution is 5.90. The van der Waals surface area contributed by atoms with Crippen LogP contribution >= 0.6 is 0 Å². The minimum atomic E-state index is -1.03. The second kappa shape index (κ2) is 22.3. The maximum absolute atomic E-state index is 14.3. The molecule has 0 saturated carbocycles. The first-order valence-corrected chi connectivity index (χ1v) is 19.9. The Bertz CT molecular complexity index is 1360. The molecule has 12 nitrogen and oxygen atoms in total. The third-order valence-corrected chi connectivity index (χ3v) is 11.6. The molecule has 1 aliphatic heterocycles. The molecule has 9 atom stereocenters. The molecule has 12 heteroatoms. The Labute approximate surface area is 324 Å². The van der Waals surface area contributed by atoms with E-state index in [-0.39, 0.29) is 72.6 Å². The van der Waals surface area contributed by atoms with Gasteiger partial charge in [0.15, 0.2) is 0 Å². The van der Waals surface area contributed by atoms with Crippen molar-refractivity contribution in [1.29, 1.82) is 0 Å². The van der Waals surface area contributed by atoms with Crippen LogP contribution < -0.4 is 5.32 Å². The van der Waals surface area contributed by atoms with Crippen LogP contribution in [0.5, 0.6) is 0 Å². The highest BCUT2D eigenvalue weighted by atomic mass is 16.5. The van der Waals surface area contributed by atoms with Crippen molar-refractivity contribution in [2.45, 2.75) is 130 Å². The summed E-state index contributed by atoms with van der Waals surface area (Å²) in [6.45, 7) is 16.8. The predicted octanol–water partition coefficient (Wildman–Crippen LogP) is 4.93. The maximum atomic E-state index is 14.3. The zero-order valence-electron chi connectivity index (χ0n) is 35.0. The van der Waals surface area contributed by atoms with E-state index in [1.54, 1.807) is 30.9 Å². The van der Waals surface area contributed by atoms with Gasteiger partial charge in [-0.15, -0.1) is 0 Å². The van der Waals surface area contributed by atoms with E-state index in [1.807, 2.05) is 90.7 Å². The van der Waals surface area contributed by atoms with Crippen LogP contribution in [0.2, 0.25) is 0 Å². The van der Waals surface area contributed by atoms with Crippen molar-refractivity contribution in [2.24, 2.45) is 29.6 Å². The molecule has 0 aliphatic carbocycles. The number of hydrogen-bond acceptors (Lipinski definition) is 8. The normalized spacial score (nSPS) is 19.2. The number of amides is 3. The first-order chi connectivity index (χ1) is 25.4. The first-order valence-electron chi connectivity index (χ1n) is 19.9. The monoisotopic (exact) mass is 759 g/mol. The number of ketones is 1. The molecule has 1 aromatic carbocycles. The molecular formula is C42H70N4O8. The summed E-state index contributed by atoms with van der Waals surface area (Å²) in [5.74, 6) is -3.53. The van der Waals surface area contributed by atoms with Gasteiger partial charge in [0, 0.05) is 40.2 Å². The second-order valence-electron chi connectivity index (χ2n) is 16.0. The number of carbonyl (C=O) groups is 5. The van der Waals surface area contributed by atoms with Crippen LogP contribution in [0.1, 0.15) is 93.1 Å². The van der Waals surface area contributed by atoms with E-state index in [1.165, 1.54) is 7.11 Å². The first kappa shape index (κ1) is 46.8. The van der Waals surface area contributed by atoms with Gasteiger partial charge in [-0.1, -0.05) is 92.1 Å². The largest absolute Gasteiger partial charge is 0.481 e. The molecule has 1 heterocycles. The van der Waals surface area contributed by atoms with Gasteiger partial charge in [0.2, 0.25) is 17.7 Å². The topological polar surface area (TPSA) is 146 Å². The number of likely N-dealkylation sites (N-methyl/N-ethyl adjacent to an activating group) is 2. The van der Waals surface area contributed by atoms with Crippen LogP contribution in [-0.2, 0) is 39.9 Å². The molecule has 3 amide bonds. The predicted molar refractivity (Wildman–Crippen MR) is 211 cm³/mol. The molecule has 0 radical (unpaired) electrons. The number of ether oxygens (including phenoxy) is 2. The molecule has 0 bridgehead atoms. The number of nitrogens with one attached hydrogen (secondary N) is 1. The van der Waals surface area contributed by atoms with Gasteiger partial charge in [0.1, 0.15) is 11.8 Å². The Balaban J connectivity index is 2.28. The minimum Gasteiger partial charge on any atom is -0.481 e. The van der Waals surface area contributed by atoms with E-state index in [4.69, 9.17) is 9.47 Å². The lowest BCUT2D eigenvalue weighted by Gasteiger charge is -2.41. The third-order valence-electron chi connectivity index (χ3n) is 11.6. The van der Waals surface area contributed by atoms with Crippen molar-refractivity contribution >= 4 is 29.5 Å². The fourth-order valence-corrected chi connectivity index (χ4v) is 8.09. The van der Waals surface area contributed by atoms with Crippen molar-refractivity contribution < 1.29 is 38.6 Å². The van der Waals surface area contributed by atoms with E-state index in [9.17, 15) is 29.1 Å². The summed E-state index contributed by atoms with van der Waals surface area (Å²) in [6.07, 6.45) is 0.939. The Morgan fingerprint density at radius 3 is 2.06 bits per heavy atom. The second-order valence-corrected chi connectivity index (χ2v) is 16.0. The number of Topliss-reactive ketones (excluding diaryl/α,β-unsaturated/α-hetero) is 1. The molecule has 0 unspecified atom stereocenters. The van der Waals surface area contributed by atoms with Crippen LogP contribution in [0, 0.1) is 29.6 Å². The van der Waals surface area contributed by atoms with E-state index in [2.05, 4.69) is 5.32 Å². The molecular weight excluding hydrogens is 688 g/mol. The van der Waals surface area contributed by atoms with Crippen molar-refractivity contribution in [2.75, 3.05) is 41.4 Å². The van der Waals surface area contributed by atoms with E-state index in [0.29, 0.717) is 19.5 Å². The number of carboxylic acids is 1. The Hall–Kier alpha value is -3.35. The van der Waals surface area contributed by atoms with Gasteiger partial charge in [-0.2, -0.15) is 0 Å². The van der Waals surface area contributed by atoms with Gasteiger partial charge in [-0.25, -0.2) is 0 Å². The SMILES string of the molecule is CC[C@H](C)[C@@H]([C@@H](CC(=O)N1CCC[C@H]1[C@H](OC)[C@@H](C)C(=O)C[C@@H](Cc1ccccc1)C(=O)O)OC)N(C)C(=O)[C@@H](NC(=O)[C@H](C(C)C)N(C)CC)C(C)C. The summed E-state index contributed by atoms with van der Waals surface area (Å²) in [4.78, 5) is 73.2. The van der Waals surface area contributed by atoms with Crippen LogP contribution in [0.4, 0.5) is 0 Å². The number of carboxylic acid groups (broad SMARTS) is 1. The zero-order valence-corrected chi connectivity index (χ0v) is 35.0. The summed E-state index contributed by atoms with van der Waals surface area (Å²) in [6, 6.07) is 7.25. The highest BCUT2D eigenvalue weighted by Crippen LogP contribution is 2.31. The van der Waals surface area contributed by atoms with E-state index in [0.717, 1.165) is 18.4 Å². The summed E-state index contributed by atoms with van der Waals surface area (Å²) in [7, 11) is 6.71. The highest BCUT2D eigenvalue weighted by Gasteiger charge is 2.43. The smallest absolute Gasteiger partial charge is 0.307 e. The lowest BCUT2D eigenvalue weighted by atomic mass is 9.85. The molecule has 1 saturated heterocycles. The molecule has 2 rings (SSSR count). The molecule has 1 aliphatic rings. The summed E-state index contributed by atoms with van der Waals surface area (Å²) in [5.41, 5.74) is 0.848. The lowest BCUT2D eigenvalue weighted by Crippen LogP contribution is -2.60. The standard InChI is InChI=1S/C42H70N4O8/c1-13-28(7)38(45(10)41(50)36(26(3)4)43-40(49)37(27(5)6)44(9)14-2)34(53-11)25-35(48)46-22-18-21-32(46)39(54-12)29(8)33(47)24-31(42(51)52)23-30-19-16-15-17-20-30/h15-17,19-20,26-29,31-32,34,36-39H,13-14,18,21-25H2,1-12H3,(H,43,49)(H,51,52)/t28-,29-,31+,32-,34+,36-,37-,38-,39+/m0/s1. The molecule has 54 heavy (non-hydrogen) atoms. The molecule has 1 fully saturated rings. The van der Waals surface area contributed by atoms with Crippen LogP contribution in [0.15, 0.2) is 30.3 Å². The number of benzene rings is 1. The summed E-state index contributed by atoms with van der Waals surface area (Å²) >= 11 is 0. The van der Waals surface area contributed by atoms with Crippen molar-refractivity contribution in [3.63, 3.8) is 0 Å². The quantitative estimate of drug-likeness (QED) is 0.159. The number of carbonyl (C=O) groups excluding carboxylic acids is 4. The average molecular weight is 759 g/mol. The van der Waals surface area contributed by atoms with E-state index < -0.39 is 42.1 Å². The summed E-state index contributed by atoms with van der Waals surface area (Å²) in [5, 5.41) is 13.0. The van der Waals surface area contributed by atoms with Crippen LogP contribution in [0.3, 0.4) is 0 Å². The summed E-state index contributed by atoms with van der Waals surface area (Å²) < 4.78 is 11.9. The number of nitrogens with zero attached hydrogens (tertiary/aromatic N) is 3. The van der Waals surface area contributed by atoms with Gasteiger partial charge >= 0.3 is 5.97 Å². The van der Waals surface area contributed by atoms with Crippen LogP contribution in [-0.4, -0.2) is 127 Å². The molecule has 0 spiro atoms. The third kappa shape index (κ3) is 12.3. The Morgan fingerprint density at radius 2 is 1.56 bits per heavy atom.